The summed E-state index contributed by atoms with van der Waals surface area (Å²) in [5.41, 5.74) is 3.43. The van der Waals surface area contributed by atoms with Gasteiger partial charge in [0.25, 0.3) is 0 Å². The lowest BCUT2D eigenvalue weighted by molar-refractivity contribution is -0.142. The van der Waals surface area contributed by atoms with Crippen molar-refractivity contribution in [1.29, 1.82) is 0 Å². The van der Waals surface area contributed by atoms with Crippen LogP contribution in [0, 0.1) is 0 Å². The number of unbranched alkanes of at least 4 members (excludes halogenated alkanes) is 1. The van der Waals surface area contributed by atoms with Crippen LogP contribution in [0.2, 0.25) is 0 Å². The first-order valence-electron chi connectivity index (χ1n) is 10.7. The van der Waals surface area contributed by atoms with Gasteiger partial charge in [0, 0.05) is 31.3 Å². The van der Waals surface area contributed by atoms with Crippen LogP contribution < -0.4 is 14.4 Å². The normalized spacial score (nSPS) is 10.6. The number of hydrogen-bond acceptors (Lipinski definition) is 7. The molecule has 8 heteroatoms. The van der Waals surface area contributed by atoms with Crippen LogP contribution in [0.1, 0.15) is 12.8 Å². The highest BCUT2D eigenvalue weighted by Crippen LogP contribution is 2.32. The SMILES string of the molecule is COc1ccc(-c2ncc(N(C)CCCCOCC(=O)O)nc2-c2ccc(OC)cc2)cc1. The maximum atomic E-state index is 10.5. The molecule has 33 heavy (non-hydrogen) atoms. The lowest BCUT2D eigenvalue weighted by Crippen LogP contribution is -2.21. The molecule has 1 heterocycles. The first-order valence-corrected chi connectivity index (χ1v) is 10.7. The molecule has 0 saturated heterocycles. The number of rotatable bonds is 12. The first kappa shape index (κ1) is 24.0. The van der Waals surface area contributed by atoms with E-state index in [9.17, 15) is 4.79 Å². The Balaban J connectivity index is 1.81. The first-order chi connectivity index (χ1) is 16.0. The van der Waals surface area contributed by atoms with E-state index in [1.165, 1.54) is 0 Å². The molecule has 0 atom stereocenters. The van der Waals surface area contributed by atoms with Crippen molar-refractivity contribution in [1.82, 2.24) is 9.97 Å². The Morgan fingerprint density at radius 2 is 1.48 bits per heavy atom. The van der Waals surface area contributed by atoms with Gasteiger partial charge in [-0.15, -0.1) is 0 Å². The Labute approximate surface area is 193 Å². The van der Waals surface area contributed by atoms with Gasteiger partial charge in [-0.3, -0.25) is 4.98 Å². The van der Waals surface area contributed by atoms with Gasteiger partial charge in [0.15, 0.2) is 0 Å². The Kier molecular flexibility index (Phi) is 8.60. The fraction of sp³-hybridized carbons (Fsp3) is 0.320. The van der Waals surface area contributed by atoms with Crippen LogP contribution in [0.25, 0.3) is 22.5 Å². The van der Waals surface area contributed by atoms with Crippen molar-refractivity contribution in [2.45, 2.75) is 12.8 Å². The molecule has 1 aromatic heterocycles. The van der Waals surface area contributed by atoms with Gasteiger partial charge in [-0.05, 0) is 61.4 Å². The summed E-state index contributed by atoms with van der Waals surface area (Å²) in [5.74, 6) is 1.35. The minimum absolute atomic E-state index is 0.265. The monoisotopic (exact) mass is 451 g/mol. The van der Waals surface area contributed by atoms with Crippen molar-refractivity contribution in [3.05, 3.63) is 54.7 Å². The van der Waals surface area contributed by atoms with Gasteiger partial charge in [-0.1, -0.05) is 0 Å². The van der Waals surface area contributed by atoms with Gasteiger partial charge in [-0.25, -0.2) is 9.78 Å². The number of ether oxygens (including phenoxy) is 3. The van der Waals surface area contributed by atoms with E-state index in [1.807, 2.05) is 60.5 Å². The summed E-state index contributed by atoms with van der Waals surface area (Å²) in [7, 11) is 5.24. The molecule has 0 aliphatic heterocycles. The molecule has 0 radical (unpaired) electrons. The molecule has 0 unspecified atom stereocenters. The maximum Gasteiger partial charge on any atom is 0.329 e. The molecule has 3 rings (SSSR count). The second-order valence-electron chi connectivity index (χ2n) is 7.46. The molecule has 1 N–H and O–H groups in total. The average molecular weight is 452 g/mol. The number of aromatic nitrogens is 2. The Hall–Kier alpha value is -3.65. The number of carboxylic acids is 1. The fourth-order valence-corrected chi connectivity index (χ4v) is 3.30. The minimum atomic E-state index is -0.953. The third-order valence-corrected chi connectivity index (χ3v) is 5.14. The number of carboxylic acid groups (broad SMARTS) is 1. The molecule has 0 aliphatic carbocycles. The molecule has 0 fully saturated rings. The van der Waals surface area contributed by atoms with Crippen molar-refractivity contribution in [3.8, 4) is 34.0 Å². The van der Waals surface area contributed by atoms with Crippen LogP contribution in [-0.4, -0.2) is 62.1 Å². The topological polar surface area (TPSA) is 94.0 Å². The summed E-state index contributed by atoms with van der Waals surface area (Å²) in [6.07, 6.45) is 3.38. The summed E-state index contributed by atoms with van der Waals surface area (Å²) in [6, 6.07) is 15.5. The van der Waals surface area contributed by atoms with E-state index >= 15 is 0 Å². The summed E-state index contributed by atoms with van der Waals surface area (Å²) >= 11 is 0. The number of anilines is 1. The van der Waals surface area contributed by atoms with E-state index < -0.39 is 5.97 Å². The molecule has 3 aromatic rings. The minimum Gasteiger partial charge on any atom is -0.497 e. The van der Waals surface area contributed by atoms with Crippen LogP contribution in [0.15, 0.2) is 54.7 Å². The van der Waals surface area contributed by atoms with Gasteiger partial charge >= 0.3 is 5.97 Å². The largest absolute Gasteiger partial charge is 0.497 e. The smallest absolute Gasteiger partial charge is 0.329 e. The number of aliphatic carboxylic acids is 1. The zero-order chi connectivity index (χ0) is 23.6. The van der Waals surface area contributed by atoms with E-state index in [0.717, 1.165) is 59.2 Å². The molecule has 0 aliphatic rings. The quantitative estimate of drug-likeness (QED) is 0.411. The van der Waals surface area contributed by atoms with Gasteiger partial charge in [-0.2, -0.15) is 0 Å². The van der Waals surface area contributed by atoms with Crippen molar-refractivity contribution in [3.63, 3.8) is 0 Å². The van der Waals surface area contributed by atoms with Gasteiger partial charge in [0.2, 0.25) is 0 Å². The summed E-state index contributed by atoms with van der Waals surface area (Å²) in [4.78, 5) is 22.2. The maximum absolute atomic E-state index is 10.5. The molecule has 0 spiro atoms. The summed E-state index contributed by atoms with van der Waals surface area (Å²) in [5, 5.41) is 8.63. The van der Waals surface area contributed by atoms with Crippen molar-refractivity contribution in [2.75, 3.05) is 45.9 Å². The molecule has 174 valence electrons. The Bertz CT molecular complexity index is 1040. The second-order valence-corrected chi connectivity index (χ2v) is 7.46. The average Bonchev–Trinajstić information content (AvgIpc) is 2.85. The predicted molar refractivity (Wildman–Crippen MR) is 127 cm³/mol. The van der Waals surface area contributed by atoms with Crippen LogP contribution in [0.3, 0.4) is 0 Å². The number of hydrogen-bond donors (Lipinski definition) is 1. The van der Waals surface area contributed by atoms with E-state index in [1.54, 1.807) is 20.4 Å². The third kappa shape index (κ3) is 6.66. The predicted octanol–water partition coefficient (Wildman–Crippen LogP) is 4.15. The molecule has 0 saturated carbocycles. The van der Waals surface area contributed by atoms with Gasteiger partial charge in [0.05, 0.1) is 31.8 Å². The van der Waals surface area contributed by atoms with E-state index in [2.05, 4.69) is 0 Å². The highest BCUT2D eigenvalue weighted by atomic mass is 16.5. The number of carbonyl (C=O) groups is 1. The molecule has 8 nitrogen and oxygen atoms in total. The Morgan fingerprint density at radius 1 is 0.909 bits per heavy atom. The highest BCUT2D eigenvalue weighted by Gasteiger charge is 2.15. The van der Waals surface area contributed by atoms with Crippen LogP contribution in [0.4, 0.5) is 5.82 Å². The Morgan fingerprint density at radius 3 is 2.03 bits per heavy atom. The molecule has 0 bridgehead atoms. The number of methoxy groups -OCH3 is 2. The molecular weight excluding hydrogens is 422 g/mol. The van der Waals surface area contributed by atoms with Crippen molar-refractivity contribution >= 4 is 11.8 Å². The van der Waals surface area contributed by atoms with Crippen LogP contribution in [-0.2, 0) is 9.53 Å². The second kappa shape index (κ2) is 11.8. The summed E-state index contributed by atoms with van der Waals surface area (Å²) < 4.78 is 15.7. The molecule has 0 amide bonds. The lowest BCUT2D eigenvalue weighted by Gasteiger charge is -2.20. The zero-order valence-electron chi connectivity index (χ0n) is 19.2. The van der Waals surface area contributed by atoms with E-state index in [-0.39, 0.29) is 6.61 Å². The number of nitrogens with zero attached hydrogens (tertiary/aromatic N) is 3. The van der Waals surface area contributed by atoms with Crippen molar-refractivity contribution < 1.29 is 24.1 Å². The standard InChI is InChI=1S/C25H29N3O5/c1-28(14-4-5-15-33-17-23(29)30)22-16-26-24(18-6-10-20(31-2)11-7-18)25(27-22)19-8-12-21(32-3)13-9-19/h6-13,16H,4-5,14-15,17H2,1-3H3,(H,29,30). The third-order valence-electron chi connectivity index (χ3n) is 5.14. The number of benzene rings is 2. The van der Waals surface area contributed by atoms with E-state index in [4.69, 9.17) is 29.3 Å². The highest BCUT2D eigenvalue weighted by molar-refractivity contribution is 5.79. The zero-order valence-corrected chi connectivity index (χ0v) is 19.2. The van der Waals surface area contributed by atoms with Crippen LogP contribution >= 0.6 is 0 Å². The summed E-state index contributed by atoms with van der Waals surface area (Å²) in [6.45, 7) is 0.897. The van der Waals surface area contributed by atoms with E-state index in [0.29, 0.717) is 6.61 Å². The fourth-order valence-electron chi connectivity index (χ4n) is 3.30. The van der Waals surface area contributed by atoms with Crippen molar-refractivity contribution in [2.24, 2.45) is 0 Å². The van der Waals surface area contributed by atoms with Gasteiger partial charge in [0.1, 0.15) is 23.9 Å². The van der Waals surface area contributed by atoms with Gasteiger partial charge < -0.3 is 24.2 Å². The molecule has 2 aromatic carbocycles. The molecular formula is C25H29N3O5. The van der Waals surface area contributed by atoms with Crippen LogP contribution in [0.5, 0.6) is 11.5 Å². The lowest BCUT2D eigenvalue weighted by atomic mass is 10.0.